The van der Waals surface area contributed by atoms with Gasteiger partial charge in [-0.15, -0.1) is 0 Å². The molecule has 164 valence electrons. The molecule has 2 nitrogen and oxygen atoms in total. The molecule has 30 heavy (non-hydrogen) atoms. The van der Waals surface area contributed by atoms with Crippen LogP contribution in [-0.4, -0.2) is 10.2 Å². The van der Waals surface area contributed by atoms with Gasteiger partial charge in [0, 0.05) is 5.41 Å². The van der Waals surface area contributed by atoms with Crippen molar-refractivity contribution in [2.75, 3.05) is 0 Å². The molecule has 0 unspecified atom stereocenters. The number of hydrogen-bond donors (Lipinski definition) is 2. The van der Waals surface area contributed by atoms with Crippen LogP contribution in [0.15, 0.2) is 48.5 Å². The normalized spacial score (nSPS) is 24.9. The molecule has 1 aliphatic carbocycles. The maximum absolute atomic E-state index is 10.1. The van der Waals surface area contributed by atoms with Crippen molar-refractivity contribution in [3.8, 4) is 11.5 Å². The minimum absolute atomic E-state index is 0.0329. The van der Waals surface area contributed by atoms with Crippen LogP contribution in [0.2, 0.25) is 0 Å². The van der Waals surface area contributed by atoms with E-state index in [4.69, 9.17) is 0 Å². The van der Waals surface area contributed by atoms with Gasteiger partial charge in [-0.05, 0) is 62.5 Å². The van der Waals surface area contributed by atoms with Crippen molar-refractivity contribution in [3.63, 3.8) is 0 Å². The minimum Gasteiger partial charge on any atom is -0.508 e. The van der Waals surface area contributed by atoms with Gasteiger partial charge in [-0.1, -0.05) is 93.5 Å². The highest BCUT2D eigenvalue weighted by Crippen LogP contribution is 2.79. The highest BCUT2D eigenvalue weighted by Gasteiger charge is 2.75. The summed E-state index contributed by atoms with van der Waals surface area (Å²) in [7, 11) is 0. The molecule has 1 fully saturated rings. The molecule has 2 aromatic carbocycles. The van der Waals surface area contributed by atoms with Gasteiger partial charge in [0.2, 0.25) is 0 Å². The second-order valence-electron chi connectivity index (χ2n) is 12.0. The molecule has 2 aromatic rings. The van der Waals surface area contributed by atoms with Crippen LogP contribution in [0.5, 0.6) is 11.5 Å². The summed E-state index contributed by atoms with van der Waals surface area (Å²) in [4.78, 5) is 0. The zero-order valence-corrected chi connectivity index (χ0v) is 20.5. The molecule has 0 bridgehead atoms. The summed E-state index contributed by atoms with van der Waals surface area (Å²) in [6, 6.07) is 15.6. The standard InChI is InChI=1S/C28H40O2/c1-23(2)24(3,4)26(7,8)28(27(9,10)25(23,5)6,19-11-15-21(29)16-12-19)20-13-17-22(30)18-14-20/h11-18,29-30H,1-10H3. The fourth-order valence-corrected chi connectivity index (χ4v) is 7.10. The van der Waals surface area contributed by atoms with Gasteiger partial charge in [0.15, 0.2) is 0 Å². The highest BCUT2D eigenvalue weighted by atomic mass is 16.3. The molecule has 2 heteroatoms. The van der Waals surface area contributed by atoms with Crippen molar-refractivity contribution < 1.29 is 10.2 Å². The molecule has 0 heterocycles. The van der Waals surface area contributed by atoms with Gasteiger partial charge in [-0.25, -0.2) is 0 Å². The van der Waals surface area contributed by atoms with E-state index in [2.05, 4.69) is 93.5 Å². The fraction of sp³-hybridized carbons (Fsp3) is 0.571. The Morgan fingerprint density at radius 1 is 0.400 bits per heavy atom. The number of rotatable bonds is 2. The van der Waals surface area contributed by atoms with Crippen molar-refractivity contribution in [1.82, 2.24) is 0 Å². The van der Waals surface area contributed by atoms with E-state index in [1.807, 2.05) is 24.3 Å². The first kappa shape index (κ1) is 22.7. The Hall–Kier alpha value is -1.96. The SMILES string of the molecule is CC1(C)C(C)(C)C(C)(C)C(c2ccc(O)cc2)(c2ccc(O)cc2)C(C)(C)C1(C)C. The maximum Gasteiger partial charge on any atom is 0.115 e. The van der Waals surface area contributed by atoms with E-state index in [0.29, 0.717) is 0 Å². The average molecular weight is 409 g/mol. The third-order valence-corrected chi connectivity index (χ3v) is 10.7. The Morgan fingerprint density at radius 2 is 0.633 bits per heavy atom. The largest absolute Gasteiger partial charge is 0.508 e. The van der Waals surface area contributed by atoms with Gasteiger partial charge in [0.05, 0.1) is 0 Å². The van der Waals surface area contributed by atoms with E-state index in [9.17, 15) is 10.2 Å². The van der Waals surface area contributed by atoms with Crippen LogP contribution in [0.25, 0.3) is 0 Å². The van der Waals surface area contributed by atoms with Crippen LogP contribution >= 0.6 is 0 Å². The molecule has 0 aliphatic heterocycles. The molecule has 0 amide bonds. The van der Waals surface area contributed by atoms with Gasteiger partial charge in [0.1, 0.15) is 11.5 Å². The summed E-state index contributed by atoms with van der Waals surface area (Å²) in [6.07, 6.45) is 0. The van der Waals surface area contributed by atoms with Gasteiger partial charge in [0.25, 0.3) is 0 Å². The molecule has 2 N–H and O–H groups in total. The van der Waals surface area contributed by atoms with Gasteiger partial charge in [-0.2, -0.15) is 0 Å². The predicted molar refractivity (Wildman–Crippen MR) is 126 cm³/mol. The van der Waals surface area contributed by atoms with E-state index in [1.165, 1.54) is 11.1 Å². The molecular weight excluding hydrogens is 368 g/mol. The summed E-state index contributed by atoms with van der Waals surface area (Å²) >= 11 is 0. The molecule has 0 radical (unpaired) electrons. The van der Waals surface area contributed by atoms with Gasteiger partial charge < -0.3 is 10.2 Å². The monoisotopic (exact) mass is 408 g/mol. The van der Waals surface area contributed by atoms with Crippen LogP contribution in [-0.2, 0) is 5.41 Å². The van der Waals surface area contributed by atoms with E-state index >= 15 is 0 Å². The Balaban J connectivity index is 2.57. The minimum atomic E-state index is -0.357. The Bertz CT molecular complexity index is 848. The molecule has 0 saturated heterocycles. The second-order valence-corrected chi connectivity index (χ2v) is 12.0. The van der Waals surface area contributed by atoms with Crippen molar-refractivity contribution in [3.05, 3.63) is 59.7 Å². The van der Waals surface area contributed by atoms with Crippen molar-refractivity contribution in [2.45, 2.75) is 74.7 Å². The van der Waals surface area contributed by atoms with Crippen LogP contribution in [0, 0.1) is 27.1 Å². The Morgan fingerprint density at radius 3 is 0.900 bits per heavy atom. The van der Waals surface area contributed by atoms with Crippen molar-refractivity contribution >= 4 is 0 Å². The predicted octanol–water partition coefficient (Wildman–Crippen LogP) is 7.53. The first-order valence-corrected chi connectivity index (χ1v) is 11.1. The number of aromatic hydroxyl groups is 2. The lowest BCUT2D eigenvalue weighted by Crippen LogP contribution is -2.74. The summed E-state index contributed by atoms with van der Waals surface area (Å²) in [6.45, 7) is 24.1. The molecule has 1 aliphatic rings. The van der Waals surface area contributed by atoms with Crippen LogP contribution < -0.4 is 0 Å². The molecular formula is C28H40O2. The molecule has 3 rings (SSSR count). The molecule has 0 spiro atoms. The summed E-state index contributed by atoms with van der Waals surface area (Å²) in [5, 5.41) is 20.1. The lowest BCUT2D eigenvalue weighted by molar-refractivity contribution is -0.251. The van der Waals surface area contributed by atoms with Crippen molar-refractivity contribution in [1.29, 1.82) is 0 Å². The zero-order valence-electron chi connectivity index (χ0n) is 20.5. The lowest BCUT2D eigenvalue weighted by atomic mass is 9.26. The molecule has 0 aromatic heterocycles. The Kier molecular flexibility index (Phi) is 4.75. The number of benzene rings is 2. The summed E-state index contributed by atoms with van der Waals surface area (Å²) in [5.74, 6) is 0.565. The van der Waals surface area contributed by atoms with Crippen LogP contribution in [0.4, 0.5) is 0 Å². The summed E-state index contributed by atoms with van der Waals surface area (Å²) < 4.78 is 0. The second kappa shape index (κ2) is 6.28. The van der Waals surface area contributed by atoms with Gasteiger partial charge in [-0.3, -0.25) is 0 Å². The van der Waals surface area contributed by atoms with E-state index in [-0.39, 0.29) is 44.0 Å². The molecule has 1 saturated carbocycles. The number of phenolic OH excluding ortho intramolecular Hbond substituents is 2. The first-order valence-electron chi connectivity index (χ1n) is 11.1. The first-order chi connectivity index (χ1) is 13.5. The van der Waals surface area contributed by atoms with E-state index in [1.54, 1.807) is 0 Å². The maximum atomic E-state index is 10.1. The zero-order chi connectivity index (χ0) is 23.0. The molecule has 0 atom stereocenters. The van der Waals surface area contributed by atoms with E-state index in [0.717, 1.165) is 0 Å². The number of hydrogen-bond acceptors (Lipinski definition) is 2. The van der Waals surface area contributed by atoms with Crippen LogP contribution in [0.1, 0.15) is 80.4 Å². The third-order valence-electron chi connectivity index (χ3n) is 10.7. The average Bonchev–Trinajstić information content (AvgIpc) is 2.63. The van der Waals surface area contributed by atoms with Crippen molar-refractivity contribution in [2.24, 2.45) is 27.1 Å². The summed E-state index contributed by atoms with van der Waals surface area (Å²) in [5.41, 5.74) is 1.72. The quantitative estimate of drug-likeness (QED) is 0.539. The smallest absolute Gasteiger partial charge is 0.115 e. The lowest BCUT2D eigenvalue weighted by Gasteiger charge is -2.78. The number of phenols is 2. The van der Waals surface area contributed by atoms with Gasteiger partial charge >= 0.3 is 0 Å². The fourth-order valence-electron chi connectivity index (χ4n) is 7.10. The topological polar surface area (TPSA) is 40.5 Å². The van der Waals surface area contributed by atoms with Crippen LogP contribution in [0.3, 0.4) is 0 Å². The third kappa shape index (κ3) is 2.31. The Labute approximate surface area is 183 Å². The highest BCUT2D eigenvalue weighted by molar-refractivity contribution is 5.50. The van der Waals surface area contributed by atoms with E-state index < -0.39 is 0 Å².